The minimum absolute atomic E-state index is 0.0384. The van der Waals surface area contributed by atoms with E-state index in [0.717, 1.165) is 5.82 Å². The highest BCUT2D eigenvalue weighted by Gasteiger charge is 2.10. The number of H-pyrrole nitrogens is 1. The molecule has 0 saturated heterocycles. The van der Waals surface area contributed by atoms with Gasteiger partial charge in [0.2, 0.25) is 5.91 Å². The Labute approximate surface area is 116 Å². The molecule has 0 atom stereocenters. The van der Waals surface area contributed by atoms with Crippen LogP contribution in [0.1, 0.15) is 12.2 Å². The molecule has 6 heteroatoms. The van der Waals surface area contributed by atoms with E-state index in [1.807, 2.05) is 0 Å². The molecule has 1 heterocycles. The van der Waals surface area contributed by atoms with Crippen molar-refractivity contribution in [3.8, 4) is 5.75 Å². The molecule has 0 aliphatic heterocycles. The largest absolute Gasteiger partial charge is 0.493 e. The third-order valence-corrected chi connectivity index (χ3v) is 2.77. The molecule has 1 aromatic heterocycles. The van der Waals surface area contributed by atoms with Crippen LogP contribution >= 0.6 is 0 Å². The van der Waals surface area contributed by atoms with Crippen LogP contribution in [0, 0.1) is 5.82 Å². The molecule has 5 nitrogen and oxygen atoms in total. The van der Waals surface area contributed by atoms with Crippen LogP contribution in [-0.2, 0) is 11.3 Å². The molecule has 2 aromatic rings. The number of carbonyl (C=O) groups excluding carboxylic acids is 1. The summed E-state index contributed by atoms with van der Waals surface area (Å²) in [4.78, 5) is 20.4. The number of aromatic nitrogens is 2. The number of hydrogen-bond acceptors (Lipinski definition) is 3. The van der Waals surface area contributed by atoms with Gasteiger partial charge in [-0.2, -0.15) is 0 Å². The van der Waals surface area contributed by atoms with E-state index >= 15 is 0 Å². The van der Waals surface area contributed by atoms with Crippen molar-refractivity contribution in [2.24, 2.45) is 0 Å². The van der Waals surface area contributed by atoms with Gasteiger partial charge < -0.3 is 14.6 Å². The number of nitrogens with one attached hydrogen (secondary N) is 1. The number of aromatic amines is 1. The number of rotatable bonds is 6. The summed E-state index contributed by atoms with van der Waals surface area (Å²) in [6, 6.07) is 5.71. The first-order valence-electron chi connectivity index (χ1n) is 6.26. The molecule has 2 rings (SSSR count). The van der Waals surface area contributed by atoms with Crippen molar-refractivity contribution in [1.29, 1.82) is 0 Å². The Hall–Kier alpha value is -2.37. The zero-order valence-corrected chi connectivity index (χ0v) is 11.2. The molecule has 1 aromatic carbocycles. The lowest BCUT2D eigenvalue weighted by Gasteiger charge is -2.15. The molecule has 0 saturated carbocycles. The third-order valence-electron chi connectivity index (χ3n) is 2.77. The number of benzene rings is 1. The summed E-state index contributed by atoms with van der Waals surface area (Å²) in [5.41, 5.74) is 0. The highest BCUT2D eigenvalue weighted by atomic mass is 19.1. The number of halogens is 1. The maximum absolute atomic E-state index is 12.7. The average molecular weight is 277 g/mol. The van der Waals surface area contributed by atoms with Gasteiger partial charge in [-0.1, -0.05) is 0 Å². The quantitative estimate of drug-likeness (QED) is 0.878. The molecule has 1 N–H and O–H groups in total. The number of ether oxygens (including phenoxy) is 1. The minimum Gasteiger partial charge on any atom is -0.493 e. The van der Waals surface area contributed by atoms with Crippen molar-refractivity contribution >= 4 is 5.91 Å². The first kappa shape index (κ1) is 14.0. The van der Waals surface area contributed by atoms with E-state index in [-0.39, 0.29) is 24.8 Å². The molecule has 0 bridgehead atoms. The van der Waals surface area contributed by atoms with Gasteiger partial charge in [0.25, 0.3) is 0 Å². The number of hydrogen-bond donors (Lipinski definition) is 1. The number of amides is 1. The van der Waals surface area contributed by atoms with Gasteiger partial charge >= 0.3 is 0 Å². The highest BCUT2D eigenvalue weighted by Crippen LogP contribution is 2.11. The Morgan fingerprint density at radius 1 is 1.40 bits per heavy atom. The van der Waals surface area contributed by atoms with Gasteiger partial charge in [-0.15, -0.1) is 0 Å². The van der Waals surface area contributed by atoms with E-state index < -0.39 is 0 Å². The number of carbonyl (C=O) groups is 1. The van der Waals surface area contributed by atoms with E-state index in [1.165, 1.54) is 24.3 Å². The second-order valence-corrected chi connectivity index (χ2v) is 4.34. The molecule has 0 radical (unpaired) electrons. The van der Waals surface area contributed by atoms with Crippen LogP contribution in [0.3, 0.4) is 0 Å². The fourth-order valence-electron chi connectivity index (χ4n) is 1.68. The fourth-order valence-corrected chi connectivity index (χ4v) is 1.68. The van der Waals surface area contributed by atoms with Crippen molar-refractivity contribution in [1.82, 2.24) is 14.9 Å². The van der Waals surface area contributed by atoms with Crippen LogP contribution in [0.25, 0.3) is 0 Å². The first-order chi connectivity index (χ1) is 9.65. The lowest BCUT2D eigenvalue weighted by molar-refractivity contribution is -0.131. The molecule has 1 amide bonds. The molecule has 20 heavy (non-hydrogen) atoms. The monoisotopic (exact) mass is 277 g/mol. The zero-order valence-electron chi connectivity index (χ0n) is 11.2. The summed E-state index contributed by atoms with van der Waals surface area (Å²) in [6.45, 7) is 0.690. The van der Waals surface area contributed by atoms with E-state index in [9.17, 15) is 9.18 Å². The Morgan fingerprint density at radius 3 is 2.80 bits per heavy atom. The summed E-state index contributed by atoms with van der Waals surface area (Å²) in [5.74, 6) is 0.934. The molecule has 0 spiro atoms. The summed E-state index contributed by atoms with van der Waals surface area (Å²) < 4.78 is 18.1. The number of imidazole rings is 1. The fraction of sp³-hybridized carbons (Fsp3) is 0.286. The van der Waals surface area contributed by atoms with Crippen molar-refractivity contribution < 1.29 is 13.9 Å². The summed E-state index contributed by atoms with van der Waals surface area (Å²) in [7, 11) is 1.71. The second-order valence-electron chi connectivity index (χ2n) is 4.34. The lowest BCUT2D eigenvalue weighted by Crippen LogP contribution is -2.27. The normalized spacial score (nSPS) is 10.3. The van der Waals surface area contributed by atoms with Crippen LogP contribution < -0.4 is 4.74 Å². The predicted octanol–water partition coefficient (Wildman–Crippen LogP) is 1.98. The molecule has 0 unspecified atom stereocenters. The van der Waals surface area contributed by atoms with E-state index in [2.05, 4.69) is 9.97 Å². The van der Waals surface area contributed by atoms with E-state index in [0.29, 0.717) is 12.3 Å². The Balaban J connectivity index is 1.73. The zero-order chi connectivity index (χ0) is 14.4. The van der Waals surface area contributed by atoms with E-state index in [4.69, 9.17) is 4.74 Å². The smallest absolute Gasteiger partial charge is 0.226 e. The maximum Gasteiger partial charge on any atom is 0.226 e. The van der Waals surface area contributed by atoms with Crippen LogP contribution in [0.2, 0.25) is 0 Å². The molecule has 0 aliphatic rings. The first-order valence-corrected chi connectivity index (χ1v) is 6.26. The van der Waals surface area contributed by atoms with Gasteiger partial charge in [-0.3, -0.25) is 4.79 Å². The van der Waals surface area contributed by atoms with Gasteiger partial charge in [0.1, 0.15) is 17.4 Å². The van der Waals surface area contributed by atoms with Crippen LogP contribution in [0.5, 0.6) is 5.75 Å². The van der Waals surface area contributed by atoms with Crippen molar-refractivity contribution in [2.45, 2.75) is 13.0 Å². The van der Waals surface area contributed by atoms with Crippen LogP contribution in [0.15, 0.2) is 36.7 Å². The Kier molecular flexibility index (Phi) is 4.70. The molecule has 0 fully saturated rings. The summed E-state index contributed by atoms with van der Waals surface area (Å²) in [5, 5.41) is 0. The van der Waals surface area contributed by atoms with Crippen molar-refractivity contribution in [3.05, 3.63) is 48.3 Å². The van der Waals surface area contributed by atoms with Crippen LogP contribution in [0.4, 0.5) is 4.39 Å². The van der Waals surface area contributed by atoms with Gasteiger partial charge in [0.05, 0.1) is 19.6 Å². The Morgan fingerprint density at radius 2 is 2.15 bits per heavy atom. The van der Waals surface area contributed by atoms with Crippen LogP contribution in [-0.4, -0.2) is 34.4 Å². The average Bonchev–Trinajstić information content (AvgIpc) is 2.93. The molecular formula is C14H16FN3O2. The molecular weight excluding hydrogens is 261 g/mol. The highest BCUT2D eigenvalue weighted by molar-refractivity contribution is 5.75. The minimum atomic E-state index is -0.313. The molecule has 0 aliphatic carbocycles. The summed E-state index contributed by atoms with van der Waals surface area (Å²) in [6.07, 6.45) is 3.62. The van der Waals surface area contributed by atoms with Gasteiger partial charge in [-0.05, 0) is 24.3 Å². The topological polar surface area (TPSA) is 58.2 Å². The maximum atomic E-state index is 12.7. The van der Waals surface area contributed by atoms with Gasteiger partial charge in [0.15, 0.2) is 0 Å². The lowest BCUT2D eigenvalue weighted by atomic mass is 10.3. The molecule has 106 valence electrons. The van der Waals surface area contributed by atoms with Gasteiger partial charge in [0, 0.05) is 19.4 Å². The number of nitrogens with zero attached hydrogens (tertiary/aromatic N) is 2. The van der Waals surface area contributed by atoms with Gasteiger partial charge in [-0.25, -0.2) is 9.37 Å². The SMILES string of the molecule is CN(Cc1ncc[nH]1)C(=O)CCOc1ccc(F)cc1. The van der Waals surface area contributed by atoms with Crippen molar-refractivity contribution in [3.63, 3.8) is 0 Å². The Bertz CT molecular complexity index is 540. The predicted molar refractivity (Wildman–Crippen MR) is 71.6 cm³/mol. The van der Waals surface area contributed by atoms with E-state index in [1.54, 1.807) is 24.3 Å². The standard InChI is InChI=1S/C14H16FN3O2/c1-18(10-13-16-7-8-17-13)14(19)6-9-20-12-4-2-11(15)3-5-12/h2-5,7-8H,6,9-10H2,1H3,(H,16,17). The van der Waals surface area contributed by atoms with Crippen molar-refractivity contribution in [2.75, 3.05) is 13.7 Å². The summed E-state index contributed by atoms with van der Waals surface area (Å²) >= 11 is 0. The second kappa shape index (κ2) is 6.70. The third kappa shape index (κ3) is 4.08.